The van der Waals surface area contributed by atoms with E-state index >= 15 is 0 Å². The van der Waals surface area contributed by atoms with Gasteiger partial charge in [-0.1, -0.05) is 34.3 Å². The Morgan fingerprint density at radius 3 is 1.49 bits per heavy atom. The third-order valence-electron chi connectivity index (χ3n) is 11.2. The fourth-order valence-corrected chi connectivity index (χ4v) is 8.08. The van der Waals surface area contributed by atoms with Gasteiger partial charge < -0.3 is 24.4 Å². The van der Waals surface area contributed by atoms with Crippen LogP contribution in [0.2, 0.25) is 0 Å². The van der Waals surface area contributed by atoms with Crippen LogP contribution in [-0.4, -0.2) is 68.2 Å². The Morgan fingerprint density at radius 2 is 1.13 bits per heavy atom. The average Bonchev–Trinajstić information content (AvgIpc) is 3.46. The highest BCUT2D eigenvalue weighted by molar-refractivity contribution is 5.87. The molecule has 2 N–H and O–H groups in total. The first-order chi connectivity index (χ1) is 20.1. The van der Waals surface area contributed by atoms with Gasteiger partial charge in [-0.05, 0) is 98.8 Å². The molecule has 5 unspecified atom stereocenters. The molecule has 45 heavy (non-hydrogen) atoms. The number of carbonyl (C=O) groups is 1. The second-order valence-corrected chi connectivity index (χ2v) is 14.7. The van der Waals surface area contributed by atoms with E-state index < -0.39 is 69.9 Å². The normalized spacial score (nSPS) is 25.5. The van der Waals surface area contributed by atoms with Gasteiger partial charge in [-0.2, -0.15) is 26.3 Å². The zero-order chi connectivity index (χ0) is 35.4. The predicted molar refractivity (Wildman–Crippen MR) is 158 cm³/mol. The van der Waals surface area contributed by atoms with Crippen molar-refractivity contribution in [3.63, 3.8) is 0 Å². The number of esters is 1. The zero-order valence-electron chi connectivity index (χ0n) is 28.6. The third-order valence-corrected chi connectivity index (χ3v) is 11.2. The first kappa shape index (κ1) is 39.8. The number of carbonyl (C=O) groups excluding carboxylic acids is 1. The summed E-state index contributed by atoms with van der Waals surface area (Å²) in [6.07, 6.45) is -11.1. The van der Waals surface area contributed by atoms with Crippen LogP contribution >= 0.6 is 0 Å². The number of fused-ring (bicyclic) bond motifs is 2. The summed E-state index contributed by atoms with van der Waals surface area (Å²) in [6.45, 7) is 20.2. The molecule has 0 spiro atoms. The molecular weight excluding hydrogens is 606 g/mol. The molecule has 0 heterocycles. The number of hydrogen-bond donors (Lipinski definition) is 2. The maximum atomic E-state index is 14.2. The summed E-state index contributed by atoms with van der Waals surface area (Å²) in [5.41, 5.74) is -13.2. The molecule has 0 aromatic heterocycles. The number of halogens is 6. The summed E-state index contributed by atoms with van der Waals surface area (Å²) in [4.78, 5) is 12.7. The Bertz CT molecular complexity index is 1050. The lowest BCUT2D eigenvalue weighted by Gasteiger charge is -2.58. The topological polar surface area (TPSA) is 85.2 Å². The van der Waals surface area contributed by atoms with Crippen LogP contribution in [0.15, 0.2) is 12.2 Å². The standard InChI is InChI=1S/C33H54F6O6/c1-13-29(14-2,45-28(11,12)31(42,32(34,35)36)33(37,38)39)23-20-17-21(22(18-20)43-25(40)19(5)6)24(23)30(15-3,16-4)44-27(9,10)26(7,8)41/h20-24,41-42H,5,13-18H2,1-4,6-12H3. The van der Waals surface area contributed by atoms with Crippen LogP contribution in [-0.2, 0) is 19.0 Å². The van der Waals surface area contributed by atoms with Crippen molar-refractivity contribution in [3.8, 4) is 0 Å². The van der Waals surface area contributed by atoms with E-state index in [4.69, 9.17) is 14.2 Å². The molecule has 6 nitrogen and oxygen atoms in total. The lowest BCUT2D eigenvalue weighted by Crippen LogP contribution is -2.72. The highest BCUT2D eigenvalue weighted by Crippen LogP contribution is 2.65. The third kappa shape index (κ3) is 6.68. The van der Waals surface area contributed by atoms with Gasteiger partial charge >= 0.3 is 18.3 Å². The molecule has 0 aromatic carbocycles. The maximum absolute atomic E-state index is 14.2. The van der Waals surface area contributed by atoms with Gasteiger partial charge in [-0.3, -0.25) is 0 Å². The minimum absolute atomic E-state index is 0.0394. The van der Waals surface area contributed by atoms with Crippen molar-refractivity contribution in [3.05, 3.63) is 12.2 Å². The zero-order valence-corrected chi connectivity index (χ0v) is 28.6. The van der Waals surface area contributed by atoms with Gasteiger partial charge in [0.1, 0.15) is 11.7 Å². The van der Waals surface area contributed by atoms with Crippen molar-refractivity contribution in [1.29, 1.82) is 0 Å². The number of ether oxygens (including phenoxy) is 3. The highest BCUT2D eigenvalue weighted by Gasteiger charge is 2.79. The molecule has 12 heteroatoms. The van der Waals surface area contributed by atoms with Crippen LogP contribution in [0.25, 0.3) is 0 Å². The van der Waals surface area contributed by atoms with Crippen LogP contribution in [0.1, 0.15) is 115 Å². The van der Waals surface area contributed by atoms with E-state index in [2.05, 4.69) is 6.58 Å². The van der Waals surface area contributed by atoms with Crippen LogP contribution in [0.5, 0.6) is 0 Å². The summed E-state index contributed by atoms with van der Waals surface area (Å²) in [5.74, 6) is -2.46. The summed E-state index contributed by atoms with van der Waals surface area (Å²) >= 11 is 0. The van der Waals surface area contributed by atoms with Gasteiger partial charge in [0.05, 0.1) is 22.4 Å². The second-order valence-electron chi connectivity index (χ2n) is 14.7. The molecular formula is C33H54F6O6. The van der Waals surface area contributed by atoms with E-state index in [0.29, 0.717) is 39.5 Å². The first-order valence-corrected chi connectivity index (χ1v) is 15.9. The molecule has 2 fully saturated rings. The Labute approximate surface area is 264 Å². The second kappa shape index (κ2) is 12.6. The number of rotatable bonds is 14. The van der Waals surface area contributed by atoms with Crippen LogP contribution in [0, 0.1) is 23.7 Å². The van der Waals surface area contributed by atoms with Gasteiger partial charge in [0.2, 0.25) is 0 Å². The molecule has 5 atom stereocenters. The highest BCUT2D eigenvalue weighted by atomic mass is 19.4. The van der Waals surface area contributed by atoms with Crippen molar-refractivity contribution in [2.45, 2.75) is 167 Å². The summed E-state index contributed by atoms with van der Waals surface area (Å²) in [7, 11) is 0. The monoisotopic (exact) mass is 660 g/mol. The largest absolute Gasteiger partial charge is 0.459 e. The lowest BCUT2D eigenvalue weighted by molar-refractivity contribution is -0.424. The van der Waals surface area contributed by atoms with E-state index in [9.17, 15) is 41.4 Å². The quantitative estimate of drug-likeness (QED) is 0.111. The fraction of sp³-hybridized carbons (Fsp3) is 0.909. The predicted octanol–water partition coefficient (Wildman–Crippen LogP) is 8.08. The summed E-state index contributed by atoms with van der Waals surface area (Å²) < 4.78 is 104. The molecule has 2 rings (SSSR count). The van der Waals surface area contributed by atoms with Crippen molar-refractivity contribution < 1.29 is 55.6 Å². The Hall–Kier alpha value is -1.37. The van der Waals surface area contributed by atoms with Gasteiger partial charge in [0, 0.05) is 17.4 Å². The molecule has 2 bridgehead atoms. The molecule has 0 aromatic rings. The van der Waals surface area contributed by atoms with Crippen LogP contribution < -0.4 is 0 Å². The van der Waals surface area contributed by atoms with E-state index in [-0.39, 0.29) is 30.3 Å². The Kier molecular flexibility index (Phi) is 11.1. The molecule has 0 amide bonds. The number of aliphatic hydroxyl groups is 2. The van der Waals surface area contributed by atoms with E-state index in [1.54, 1.807) is 41.5 Å². The molecule has 0 aliphatic heterocycles. The van der Waals surface area contributed by atoms with Crippen molar-refractivity contribution >= 4 is 5.97 Å². The Morgan fingerprint density at radius 1 is 0.733 bits per heavy atom. The minimum atomic E-state index is -6.09. The lowest BCUT2D eigenvalue weighted by atomic mass is 9.60. The van der Waals surface area contributed by atoms with E-state index in [0.717, 1.165) is 0 Å². The molecule has 2 saturated carbocycles. The molecule has 2 aliphatic rings. The number of hydrogen-bond acceptors (Lipinski definition) is 6. The van der Waals surface area contributed by atoms with E-state index in [1.807, 2.05) is 13.8 Å². The van der Waals surface area contributed by atoms with E-state index in [1.165, 1.54) is 6.92 Å². The SMILES string of the molecule is C=C(C)C(=O)OC1CC2CC1C(C(CC)(CC)OC(C)(C)C(C)(C)O)C2C(CC)(CC)OC(C)(C)C(O)(C(F)(F)F)C(F)(F)F. The van der Waals surface area contributed by atoms with Gasteiger partial charge in [-0.25, -0.2) is 4.79 Å². The minimum Gasteiger partial charge on any atom is -0.459 e. The molecule has 264 valence electrons. The smallest absolute Gasteiger partial charge is 0.429 e. The van der Waals surface area contributed by atoms with Crippen molar-refractivity contribution in [2.24, 2.45) is 23.7 Å². The van der Waals surface area contributed by atoms with Gasteiger partial charge in [0.25, 0.3) is 5.60 Å². The summed E-state index contributed by atoms with van der Waals surface area (Å²) in [5, 5.41) is 21.6. The molecule has 2 aliphatic carbocycles. The Balaban J connectivity index is 2.85. The summed E-state index contributed by atoms with van der Waals surface area (Å²) in [6, 6.07) is 0. The van der Waals surface area contributed by atoms with Gasteiger partial charge in [0.15, 0.2) is 0 Å². The van der Waals surface area contributed by atoms with Gasteiger partial charge in [-0.15, -0.1) is 0 Å². The first-order valence-electron chi connectivity index (χ1n) is 15.9. The van der Waals surface area contributed by atoms with Crippen molar-refractivity contribution in [2.75, 3.05) is 0 Å². The average molecular weight is 661 g/mol. The van der Waals surface area contributed by atoms with Crippen molar-refractivity contribution in [1.82, 2.24) is 0 Å². The molecule has 0 saturated heterocycles. The number of alkyl halides is 6. The maximum Gasteiger partial charge on any atom is 0.429 e. The van der Waals surface area contributed by atoms with Crippen LogP contribution in [0.3, 0.4) is 0 Å². The molecule has 0 radical (unpaired) electrons. The fourth-order valence-electron chi connectivity index (χ4n) is 8.08. The van der Waals surface area contributed by atoms with Crippen LogP contribution in [0.4, 0.5) is 26.3 Å².